The summed E-state index contributed by atoms with van der Waals surface area (Å²) in [6, 6.07) is 14.3. The Labute approximate surface area is 131 Å². The highest BCUT2D eigenvalue weighted by molar-refractivity contribution is 8.08. The Balaban J connectivity index is 2.25. The normalized spacial score (nSPS) is 15.3. The third kappa shape index (κ3) is 2.21. The number of thiophene rings is 1. The second-order valence-electron chi connectivity index (χ2n) is 4.66. The van der Waals surface area contributed by atoms with Crippen LogP contribution in [0.15, 0.2) is 35.2 Å². The maximum atomic E-state index is 9.05. The topological polar surface area (TPSA) is 50.8 Å². The van der Waals surface area contributed by atoms with Gasteiger partial charge >= 0.3 is 0 Å². The van der Waals surface area contributed by atoms with Gasteiger partial charge in [0, 0.05) is 11.9 Å². The largest absolute Gasteiger partial charge is 0.337 e. The van der Waals surface area contributed by atoms with E-state index < -0.39 is 0 Å². The highest BCUT2D eigenvalue weighted by atomic mass is 32.2. The maximum Gasteiger partial charge on any atom is 0.147 e. The Kier molecular flexibility index (Phi) is 3.47. The highest BCUT2D eigenvalue weighted by Gasteiger charge is 2.22. The fourth-order valence-electron chi connectivity index (χ4n) is 2.28. The lowest BCUT2D eigenvalue weighted by Crippen LogP contribution is -2.15. The van der Waals surface area contributed by atoms with Crippen LogP contribution >= 0.6 is 23.1 Å². The van der Waals surface area contributed by atoms with Crippen molar-refractivity contribution < 1.29 is 0 Å². The molecule has 0 saturated heterocycles. The molecular weight excluding hydrogens is 298 g/mol. The van der Waals surface area contributed by atoms with Crippen LogP contribution in [0, 0.1) is 29.6 Å². The summed E-state index contributed by atoms with van der Waals surface area (Å²) in [4.78, 5) is 3.39. The molecule has 0 fully saturated rings. The van der Waals surface area contributed by atoms with Gasteiger partial charge in [0.15, 0.2) is 0 Å². The van der Waals surface area contributed by atoms with E-state index in [1.54, 1.807) is 11.8 Å². The van der Waals surface area contributed by atoms with E-state index >= 15 is 0 Å². The summed E-state index contributed by atoms with van der Waals surface area (Å²) in [6.07, 6.45) is 0. The highest BCUT2D eigenvalue weighted by Crippen LogP contribution is 2.45. The molecular formula is C16H11N3S2. The van der Waals surface area contributed by atoms with Gasteiger partial charge in [0.25, 0.3) is 0 Å². The van der Waals surface area contributed by atoms with Gasteiger partial charge in [-0.3, -0.25) is 0 Å². The summed E-state index contributed by atoms with van der Waals surface area (Å²) < 4.78 is 1.86. The molecule has 0 N–H and O–H groups in total. The Morgan fingerprint density at radius 2 is 1.90 bits per heavy atom. The zero-order valence-corrected chi connectivity index (χ0v) is 13.2. The van der Waals surface area contributed by atoms with E-state index in [0.29, 0.717) is 0 Å². The van der Waals surface area contributed by atoms with Crippen molar-refractivity contribution in [3.05, 3.63) is 45.0 Å². The molecule has 2 heterocycles. The van der Waals surface area contributed by atoms with Crippen molar-refractivity contribution in [2.45, 2.75) is 11.8 Å². The molecule has 3 nitrogen and oxygen atoms in total. The van der Waals surface area contributed by atoms with Crippen molar-refractivity contribution in [2.24, 2.45) is 0 Å². The number of fused-ring (bicyclic) bond motifs is 1. The summed E-state index contributed by atoms with van der Waals surface area (Å²) in [7, 11) is 2.04. The minimum atomic E-state index is 0.188. The number of anilines is 1. The molecule has 21 heavy (non-hydrogen) atoms. The number of thioether (sulfide) groups is 1. The molecule has 0 unspecified atom stereocenters. The number of hydrogen-bond acceptors (Lipinski definition) is 5. The van der Waals surface area contributed by atoms with Crippen molar-refractivity contribution in [1.29, 1.82) is 10.5 Å². The minimum absolute atomic E-state index is 0.188. The average Bonchev–Trinajstić information content (AvgIpc) is 3.03. The third-order valence-electron chi connectivity index (χ3n) is 3.32. The van der Waals surface area contributed by atoms with Gasteiger partial charge in [-0.05, 0) is 30.7 Å². The van der Waals surface area contributed by atoms with Crippen LogP contribution in [0.25, 0.3) is 10.6 Å². The first-order valence-electron chi connectivity index (χ1n) is 6.31. The van der Waals surface area contributed by atoms with Crippen molar-refractivity contribution in [2.75, 3.05) is 11.9 Å². The fraction of sp³-hybridized carbons (Fsp3) is 0.125. The van der Waals surface area contributed by atoms with Gasteiger partial charge < -0.3 is 4.90 Å². The predicted molar refractivity (Wildman–Crippen MR) is 87.1 cm³/mol. The van der Waals surface area contributed by atoms with Gasteiger partial charge in [0.1, 0.15) is 17.7 Å². The first kappa shape index (κ1) is 13.8. The Morgan fingerprint density at radius 1 is 1.19 bits per heavy atom. The maximum absolute atomic E-state index is 9.05. The monoisotopic (exact) mass is 309 g/mol. The molecule has 0 amide bonds. The molecule has 1 aromatic heterocycles. The number of nitriles is 2. The average molecular weight is 309 g/mol. The standard InChI is InChI=1S/C16H11N3S2/c1-10-7-14(20-15(10)11(8-17)9-18)16-19(2)12-5-3-4-6-13(12)21-16/h3-7H,1-2H3/b16-14+. The lowest BCUT2D eigenvalue weighted by atomic mass is 10.2. The Bertz CT molecular complexity index is 910. The first-order chi connectivity index (χ1) is 10.2. The second-order valence-corrected chi connectivity index (χ2v) is 6.74. The fourth-order valence-corrected chi connectivity index (χ4v) is 4.68. The molecule has 1 aliphatic heterocycles. The molecule has 0 saturated carbocycles. The zero-order valence-electron chi connectivity index (χ0n) is 11.5. The molecule has 3 rings (SSSR count). The van der Waals surface area contributed by atoms with Gasteiger partial charge in [-0.2, -0.15) is 10.5 Å². The molecule has 0 atom stereocenters. The van der Waals surface area contributed by atoms with Crippen LogP contribution in [0.5, 0.6) is 0 Å². The molecule has 5 heteroatoms. The van der Waals surface area contributed by atoms with Crippen LogP contribution in [0.3, 0.4) is 0 Å². The van der Waals surface area contributed by atoms with Crippen LogP contribution in [0.4, 0.5) is 5.69 Å². The smallest absolute Gasteiger partial charge is 0.147 e. The van der Waals surface area contributed by atoms with Crippen molar-refractivity contribution >= 4 is 39.4 Å². The lowest BCUT2D eigenvalue weighted by Gasteiger charge is -2.12. The number of aryl methyl sites for hydroxylation is 1. The SMILES string of the molecule is Cc1c/c(=C2\Sc3ccccc3N2C)sc1=C(C#N)C#N. The van der Waals surface area contributed by atoms with E-state index in [9.17, 15) is 0 Å². The lowest BCUT2D eigenvalue weighted by molar-refractivity contribution is 1.23. The van der Waals surface area contributed by atoms with Crippen LogP contribution in [0.1, 0.15) is 5.56 Å². The Hall–Kier alpha value is -2.21. The number of hydrogen-bond donors (Lipinski definition) is 0. The molecule has 1 aliphatic rings. The summed E-state index contributed by atoms with van der Waals surface area (Å²) >= 11 is 3.23. The predicted octanol–water partition coefficient (Wildman–Crippen LogP) is 2.56. The Morgan fingerprint density at radius 3 is 2.57 bits per heavy atom. The summed E-state index contributed by atoms with van der Waals surface area (Å²) in [5, 5.41) is 19.2. The van der Waals surface area contributed by atoms with Gasteiger partial charge in [-0.1, -0.05) is 23.9 Å². The van der Waals surface area contributed by atoms with Gasteiger partial charge in [0.2, 0.25) is 0 Å². The first-order valence-corrected chi connectivity index (χ1v) is 7.95. The van der Waals surface area contributed by atoms with Crippen LogP contribution in [-0.2, 0) is 0 Å². The van der Waals surface area contributed by atoms with E-state index in [0.717, 1.165) is 19.7 Å². The van der Waals surface area contributed by atoms with Crippen LogP contribution in [-0.4, -0.2) is 7.05 Å². The number of para-hydroxylation sites is 1. The molecule has 1 aromatic carbocycles. The summed E-state index contributed by atoms with van der Waals surface area (Å²) in [5.41, 5.74) is 2.35. The second kappa shape index (κ2) is 5.29. The molecule has 0 aliphatic carbocycles. The molecule has 0 radical (unpaired) electrons. The van der Waals surface area contributed by atoms with Crippen molar-refractivity contribution in [3.8, 4) is 12.1 Å². The minimum Gasteiger partial charge on any atom is -0.337 e. The quantitative estimate of drug-likeness (QED) is 0.750. The molecule has 102 valence electrons. The van der Waals surface area contributed by atoms with E-state index in [4.69, 9.17) is 10.5 Å². The third-order valence-corrected chi connectivity index (χ3v) is 5.96. The van der Waals surface area contributed by atoms with Crippen molar-refractivity contribution in [1.82, 2.24) is 0 Å². The summed E-state index contributed by atoms with van der Waals surface area (Å²) in [6.45, 7) is 1.94. The van der Waals surface area contributed by atoms with E-state index in [1.165, 1.54) is 21.9 Å². The number of nitrogens with zero attached hydrogens (tertiary/aromatic N) is 3. The van der Waals surface area contributed by atoms with Gasteiger partial charge in [-0.25, -0.2) is 0 Å². The summed E-state index contributed by atoms with van der Waals surface area (Å²) in [5.74, 6) is 0. The zero-order chi connectivity index (χ0) is 15.0. The van der Waals surface area contributed by atoms with Crippen molar-refractivity contribution in [3.63, 3.8) is 0 Å². The van der Waals surface area contributed by atoms with E-state index in [-0.39, 0.29) is 5.57 Å². The van der Waals surface area contributed by atoms with Gasteiger partial charge in [-0.15, -0.1) is 11.3 Å². The molecule has 2 aromatic rings. The van der Waals surface area contributed by atoms with Gasteiger partial charge in [0.05, 0.1) is 19.8 Å². The molecule has 0 bridgehead atoms. The number of benzene rings is 1. The van der Waals surface area contributed by atoms with Crippen LogP contribution in [0.2, 0.25) is 0 Å². The van der Waals surface area contributed by atoms with E-state index in [2.05, 4.69) is 23.1 Å². The van der Waals surface area contributed by atoms with E-state index in [1.807, 2.05) is 38.2 Å². The molecule has 0 spiro atoms. The number of rotatable bonds is 0. The van der Waals surface area contributed by atoms with Crippen LogP contribution < -0.4 is 14.0 Å².